The molecule has 21 heavy (non-hydrogen) atoms. The molecule has 0 unspecified atom stereocenters. The molecule has 1 aliphatic rings. The first kappa shape index (κ1) is 17.9. The van der Waals surface area contributed by atoms with Crippen LogP contribution in [0.3, 0.4) is 0 Å². The van der Waals surface area contributed by atoms with Gasteiger partial charge in [-0.1, -0.05) is 6.07 Å². The molecule has 0 saturated carbocycles. The van der Waals surface area contributed by atoms with Gasteiger partial charge in [0.05, 0.1) is 11.4 Å². The summed E-state index contributed by atoms with van der Waals surface area (Å²) >= 11 is 0. The van der Waals surface area contributed by atoms with Gasteiger partial charge in [0, 0.05) is 26.3 Å². The van der Waals surface area contributed by atoms with Gasteiger partial charge >= 0.3 is 0 Å². The highest BCUT2D eigenvalue weighted by molar-refractivity contribution is 7.89. The Kier molecular flexibility index (Phi) is 5.75. The molecular formula is C13H20ClN3O3S. The zero-order chi connectivity index (χ0) is 14.9. The number of likely N-dealkylation sites (N-methyl/N-ethyl adjacent to an activating group) is 1. The summed E-state index contributed by atoms with van der Waals surface area (Å²) in [6.45, 7) is 0.839. The smallest absolute Gasteiger partial charge is 0.242 e. The standard InChI is InChI=1S/C13H19N3O3S.ClH/c1-14-9-13(17)16-7-6-10-4-5-11(8-12(10)16)20(18,19)15(2)3;/h4-5,8,14H,6-7,9H2,1-3H3;1H. The number of benzene rings is 1. The van der Waals surface area contributed by atoms with Crippen molar-refractivity contribution >= 4 is 34.0 Å². The molecule has 0 spiro atoms. The summed E-state index contributed by atoms with van der Waals surface area (Å²) in [4.78, 5) is 13.9. The topological polar surface area (TPSA) is 69.7 Å². The molecule has 2 rings (SSSR count). The van der Waals surface area contributed by atoms with Crippen molar-refractivity contribution in [2.45, 2.75) is 11.3 Å². The Balaban J connectivity index is 0.00000220. The Morgan fingerprint density at radius 2 is 2.05 bits per heavy atom. The third-order valence-electron chi connectivity index (χ3n) is 3.36. The van der Waals surface area contributed by atoms with E-state index in [0.717, 1.165) is 12.0 Å². The molecule has 1 aromatic carbocycles. The second-order valence-corrected chi connectivity index (χ2v) is 7.06. The van der Waals surface area contributed by atoms with E-state index in [1.165, 1.54) is 18.4 Å². The fourth-order valence-electron chi connectivity index (χ4n) is 2.24. The lowest BCUT2D eigenvalue weighted by Gasteiger charge is -2.18. The predicted molar refractivity (Wildman–Crippen MR) is 84.5 cm³/mol. The highest BCUT2D eigenvalue weighted by Gasteiger charge is 2.27. The van der Waals surface area contributed by atoms with Crippen LogP contribution in [0.1, 0.15) is 5.56 Å². The number of fused-ring (bicyclic) bond motifs is 1. The summed E-state index contributed by atoms with van der Waals surface area (Å²) < 4.78 is 25.5. The van der Waals surface area contributed by atoms with E-state index in [9.17, 15) is 13.2 Å². The van der Waals surface area contributed by atoms with Gasteiger partial charge in [-0.3, -0.25) is 4.79 Å². The van der Waals surface area contributed by atoms with Crippen molar-refractivity contribution in [2.24, 2.45) is 0 Å². The van der Waals surface area contributed by atoms with E-state index in [1.54, 1.807) is 30.1 Å². The second-order valence-electron chi connectivity index (χ2n) is 4.90. The van der Waals surface area contributed by atoms with Crippen molar-refractivity contribution in [1.82, 2.24) is 9.62 Å². The van der Waals surface area contributed by atoms with Crippen LogP contribution in [0.15, 0.2) is 23.1 Å². The normalized spacial score (nSPS) is 14.0. The minimum absolute atomic E-state index is 0. The molecule has 1 amide bonds. The number of halogens is 1. The molecule has 118 valence electrons. The second kappa shape index (κ2) is 6.74. The van der Waals surface area contributed by atoms with Crippen LogP contribution in [-0.2, 0) is 21.2 Å². The zero-order valence-electron chi connectivity index (χ0n) is 12.3. The Bertz CT molecular complexity index is 632. The molecule has 0 atom stereocenters. The molecule has 1 N–H and O–H groups in total. The van der Waals surface area contributed by atoms with Crippen LogP contribution in [0.5, 0.6) is 0 Å². The number of rotatable bonds is 4. The van der Waals surface area contributed by atoms with Crippen LogP contribution in [0, 0.1) is 0 Å². The maximum absolute atomic E-state index is 12.1. The van der Waals surface area contributed by atoms with Crippen LogP contribution in [0.25, 0.3) is 0 Å². The van der Waals surface area contributed by atoms with Gasteiger partial charge in [0.1, 0.15) is 0 Å². The van der Waals surface area contributed by atoms with E-state index in [0.29, 0.717) is 12.2 Å². The number of carbonyl (C=O) groups excluding carboxylic acids is 1. The largest absolute Gasteiger partial charge is 0.311 e. The molecule has 1 aromatic rings. The number of anilines is 1. The van der Waals surface area contributed by atoms with Gasteiger partial charge in [0.2, 0.25) is 15.9 Å². The van der Waals surface area contributed by atoms with Gasteiger partial charge in [-0.15, -0.1) is 12.4 Å². The van der Waals surface area contributed by atoms with E-state index in [2.05, 4.69) is 5.32 Å². The van der Waals surface area contributed by atoms with Crippen molar-refractivity contribution in [1.29, 1.82) is 0 Å². The summed E-state index contributed by atoms with van der Waals surface area (Å²) in [5.41, 5.74) is 1.71. The van der Waals surface area contributed by atoms with Crippen LogP contribution in [0.2, 0.25) is 0 Å². The third-order valence-corrected chi connectivity index (χ3v) is 5.17. The maximum Gasteiger partial charge on any atom is 0.242 e. The van der Waals surface area contributed by atoms with E-state index in [1.807, 2.05) is 0 Å². The van der Waals surface area contributed by atoms with Crippen molar-refractivity contribution in [2.75, 3.05) is 39.1 Å². The fraction of sp³-hybridized carbons (Fsp3) is 0.462. The summed E-state index contributed by atoms with van der Waals surface area (Å²) in [6, 6.07) is 4.98. The molecule has 0 fully saturated rings. The summed E-state index contributed by atoms with van der Waals surface area (Å²) in [7, 11) is 1.22. The van der Waals surface area contributed by atoms with Crippen molar-refractivity contribution in [3.8, 4) is 0 Å². The molecule has 8 heteroatoms. The minimum atomic E-state index is -3.48. The summed E-state index contributed by atoms with van der Waals surface area (Å²) in [6.07, 6.45) is 0.757. The Morgan fingerprint density at radius 1 is 1.38 bits per heavy atom. The Labute approximate surface area is 131 Å². The third kappa shape index (κ3) is 3.37. The average Bonchev–Trinajstić information content (AvgIpc) is 2.81. The molecule has 1 aliphatic heterocycles. The van der Waals surface area contributed by atoms with E-state index < -0.39 is 10.0 Å². The van der Waals surface area contributed by atoms with Crippen molar-refractivity contribution in [3.63, 3.8) is 0 Å². The lowest BCUT2D eigenvalue weighted by molar-refractivity contribution is -0.117. The SMILES string of the molecule is CNCC(=O)N1CCc2ccc(S(=O)(=O)N(C)C)cc21.Cl. The molecule has 6 nitrogen and oxygen atoms in total. The minimum Gasteiger partial charge on any atom is -0.311 e. The summed E-state index contributed by atoms with van der Waals surface area (Å²) in [5.74, 6) is -0.0503. The van der Waals surface area contributed by atoms with Gasteiger partial charge in [0.15, 0.2) is 0 Å². The monoisotopic (exact) mass is 333 g/mol. The van der Waals surface area contributed by atoms with Gasteiger partial charge in [-0.25, -0.2) is 12.7 Å². The van der Waals surface area contributed by atoms with Crippen LogP contribution >= 0.6 is 12.4 Å². The number of nitrogens with zero attached hydrogens (tertiary/aromatic N) is 2. The van der Waals surface area contributed by atoms with Gasteiger partial charge in [0.25, 0.3) is 0 Å². The molecule has 0 aliphatic carbocycles. The van der Waals surface area contributed by atoms with Crippen LogP contribution in [0.4, 0.5) is 5.69 Å². The number of amides is 1. The molecule has 0 bridgehead atoms. The van der Waals surface area contributed by atoms with E-state index in [4.69, 9.17) is 0 Å². The number of hydrogen-bond acceptors (Lipinski definition) is 4. The highest BCUT2D eigenvalue weighted by atomic mass is 35.5. The number of hydrogen-bond donors (Lipinski definition) is 1. The molecule has 1 heterocycles. The highest BCUT2D eigenvalue weighted by Crippen LogP contribution is 2.31. The van der Waals surface area contributed by atoms with Crippen molar-refractivity contribution < 1.29 is 13.2 Å². The molecule has 0 saturated heterocycles. The molecule has 0 aromatic heterocycles. The number of sulfonamides is 1. The van der Waals surface area contributed by atoms with E-state index >= 15 is 0 Å². The first-order valence-electron chi connectivity index (χ1n) is 6.38. The van der Waals surface area contributed by atoms with Gasteiger partial charge in [-0.05, 0) is 31.2 Å². The maximum atomic E-state index is 12.1. The quantitative estimate of drug-likeness (QED) is 0.869. The van der Waals surface area contributed by atoms with E-state index in [-0.39, 0.29) is 29.8 Å². The summed E-state index contributed by atoms with van der Waals surface area (Å²) in [5, 5.41) is 2.82. The van der Waals surface area contributed by atoms with Crippen LogP contribution < -0.4 is 10.2 Å². The molecular weight excluding hydrogens is 314 g/mol. The fourth-order valence-corrected chi connectivity index (χ4v) is 3.16. The lowest BCUT2D eigenvalue weighted by atomic mass is 10.2. The van der Waals surface area contributed by atoms with Crippen molar-refractivity contribution in [3.05, 3.63) is 23.8 Å². The van der Waals surface area contributed by atoms with Gasteiger partial charge in [-0.2, -0.15) is 0 Å². The zero-order valence-corrected chi connectivity index (χ0v) is 13.9. The number of carbonyl (C=O) groups is 1. The lowest BCUT2D eigenvalue weighted by Crippen LogP contribution is -2.36. The molecule has 0 radical (unpaired) electrons. The average molecular weight is 334 g/mol. The first-order chi connectivity index (χ1) is 9.37. The number of nitrogens with one attached hydrogen (secondary N) is 1. The Morgan fingerprint density at radius 3 is 2.62 bits per heavy atom. The Hall–Kier alpha value is -1.15. The van der Waals surface area contributed by atoms with Crippen LogP contribution in [-0.4, -0.2) is 52.9 Å². The van der Waals surface area contributed by atoms with Gasteiger partial charge < -0.3 is 10.2 Å². The first-order valence-corrected chi connectivity index (χ1v) is 7.82. The predicted octanol–water partition coefficient (Wildman–Crippen LogP) is 0.467.